The fourth-order valence-corrected chi connectivity index (χ4v) is 2.56. The summed E-state index contributed by atoms with van der Waals surface area (Å²) >= 11 is 5.30. The molecule has 0 aromatic heterocycles. The molecule has 110 valence electrons. The minimum absolute atomic E-state index is 0.0978. The number of amides is 1. The van der Waals surface area contributed by atoms with Crippen molar-refractivity contribution in [2.45, 2.75) is 6.18 Å². The van der Waals surface area contributed by atoms with Gasteiger partial charge in [-0.05, 0) is 74.9 Å². The molecular weight excluding hydrogens is 462 g/mol. The third-order valence-electron chi connectivity index (χ3n) is 2.62. The maximum absolute atomic E-state index is 12.6. The number of nitrogens with one attached hydrogen (secondary N) is 1. The molecule has 2 nitrogen and oxygen atoms in total. The van der Waals surface area contributed by atoms with Crippen molar-refractivity contribution in [1.29, 1.82) is 0 Å². The quantitative estimate of drug-likeness (QED) is 0.592. The number of rotatable bonds is 2. The molecule has 0 saturated carbocycles. The predicted octanol–water partition coefficient (Wildman–Crippen LogP) is 5.32. The van der Waals surface area contributed by atoms with Crippen molar-refractivity contribution >= 4 is 50.1 Å². The van der Waals surface area contributed by atoms with Gasteiger partial charge in [-0.25, -0.2) is 0 Å². The van der Waals surface area contributed by atoms with Crippen LogP contribution in [0.15, 0.2) is 46.9 Å². The van der Waals surface area contributed by atoms with E-state index in [9.17, 15) is 18.0 Å². The molecule has 0 fully saturated rings. The average molecular weight is 470 g/mol. The maximum atomic E-state index is 12.6. The summed E-state index contributed by atoms with van der Waals surface area (Å²) in [5, 5.41) is 2.47. The number of hydrogen-bond acceptors (Lipinski definition) is 1. The van der Waals surface area contributed by atoms with E-state index < -0.39 is 17.6 Å². The van der Waals surface area contributed by atoms with E-state index in [1.54, 1.807) is 12.1 Å². The number of anilines is 1. The molecule has 1 amide bonds. The fourth-order valence-electron chi connectivity index (χ4n) is 1.64. The molecule has 0 heterocycles. The van der Waals surface area contributed by atoms with Gasteiger partial charge in [0.2, 0.25) is 0 Å². The molecule has 0 aliphatic rings. The number of benzene rings is 2. The first-order valence-corrected chi connectivity index (χ1v) is 7.58. The number of carbonyl (C=O) groups is 1. The smallest absolute Gasteiger partial charge is 0.322 e. The minimum Gasteiger partial charge on any atom is -0.322 e. The van der Waals surface area contributed by atoms with E-state index in [4.69, 9.17) is 0 Å². The number of carbonyl (C=O) groups excluding carboxylic acids is 1. The highest BCUT2D eigenvalue weighted by Gasteiger charge is 2.30. The van der Waals surface area contributed by atoms with E-state index in [2.05, 4.69) is 43.8 Å². The van der Waals surface area contributed by atoms with Crippen LogP contribution in [0, 0.1) is 3.57 Å². The summed E-state index contributed by atoms with van der Waals surface area (Å²) in [6.07, 6.45) is -4.44. The van der Waals surface area contributed by atoms with Crippen LogP contribution in [0.2, 0.25) is 0 Å². The van der Waals surface area contributed by atoms with Gasteiger partial charge in [0.25, 0.3) is 5.91 Å². The van der Waals surface area contributed by atoms with Crippen molar-refractivity contribution in [3.63, 3.8) is 0 Å². The first kappa shape index (κ1) is 16.3. The van der Waals surface area contributed by atoms with Crippen LogP contribution in [0.3, 0.4) is 0 Å². The highest BCUT2D eigenvalue weighted by atomic mass is 127. The van der Waals surface area contributed by atoms with E-state index in [1.807, 2.05) is 6.07 Å². The van der Waals surface area contributed by atoms with Crippen molar-refractivity contribution in [3.8, 4) is 0 Å². The lowest BCUT2D eigenvalue weighted by Gasteiger charge is -2.10. The van der Waals surface area contributed by atoms with Crippen LogP contribution >= 0.6 is 38.5 Å². The van der Waals surface area contributed by atoms with Gasteiger partial charge in [0.15, 0.2) is 0 Å². The molecule has 0 aliphatic carbocycles. The van der Waals surface area contributed by atoms with Crippen molar-refractivity contribution in [1.82, 2.24) is 0 Å². The molecule has 0 atom stereocenters. The van der Waals surface area contributed by atoms with Gasteiger partial charge in [0, 0.05) is 13.7 Å². The Morgan fingerprint density at radius 1 is 1.14 bits per heavy atom. The SMILES string of the molecule is O=C(Nc1cccc(C(F)(F)F)c1)c1cc(I)ccc1Br. The molecule has 1 N–H and O–H groups in total. The Kier molecular flexibility index (Phi) is 4.92. The molecule has 21 heavy (non-hydrogen) atoms. The van der Waals surface area contributed by atoms with Crippen LogP contribution in [0.1, 0.15) is 15.9 Å². The summed E-state index contributed by atoms with van der Waals surface area (Å²) in [4.78, 5) is 12.1. The second-order valence-electron chi connectivity index (χ2n) is 4.16. The first-order valence-electron chi connectivity index (χ1n) is 5.71. The molecule has 0 unspecified atom stereocenters. The Labute approximate surface area is 141 Å². The zero-order valence-electron chi connectivity index (χ0n) is 10.3. The highest BCUT2D eigenvalue weighted by Crippen LogP contribution is 2.31. The third kappa shape index (κ3) is 4.19. The Balaban J connectivity index is 2.26. The van der Waals surface area contributed by atoms with Crippen LogP contribution in [-0.2, 0) is 6.18 Å². The van der Waals surface area contributed by atoms with Gasteiger partial charge in [-0.3, -0.25) is 4.79 Å². The van der Waals surface area contributed by atoms with E-state index in [0.717, 1.165) is 15.7 Å². The third-order valence-corrected chi connectivity index (χ3v) is 3.98. The van der Waals surface area contributed by atoms with Crippen molar-refractivity contribution in [2.24, 2.45) is 0 Å². The number of alkyl halides is 3. The van der Waals surface area contributed by atoms with Crippen molar-refractivity contribution in [2.75, 3.05) is 5.32 Å². The van der Waals surface area contributed by atoms with E-state index >= 15 is 0 Å². The molecule has 0 spiro atoms. The number of hydrogen-bond donors (Lipinski definition) is 1. The molecule has 2 rings (SSSR count). The maximum Gasteiger partial charge on any atom is 0.416 e. The Bertz CT molecular complexity index is 688. The van der Waals surface area contributed by atoms with E-state index in [-0.39, 0.29) is 5.69 Å². The second-order valence-corrected chi connectivity index (χ2v) is 6.26. The Morgan fingerprint density at radius 2 is 1.86 bits per heavy atom. The van der Waals surface area contributed by atoms with Crippen LogP contribution in [-0.4, -0.2) is 5.91 Å². The summed E-state index contributed by atoms with van der Waals surface area (Å²) in [6.45, 7) is 0. The van der Waals surface area contributed by atoms with Gasteiger partial charge in [-0.15, -0.1) is 0 Å². The van der Waals surface area contributed by atoms with Gasteiger partial charge in [0.05, 0.1) is 11.1 Å². The van der Waals surface area contributed by atoms with Gasteiger partial charge in [0.1, 0.15) is 0 Å². The first-order chi connectivity index (χ1) is 9.77. The van der Waals surface area contributed by atoms with E-state index in [0.29, 0.717) is 10.0 Å². The minimum atomic E-state index is -4.44. The molecule has 2 aromatic rings. The Morgan fingerprint density at radius 3 is 2.52 bits per heavy atom. The largest absolute Gasteiger partial charge is 0.416 e. The lowest BCUT2D eigenvalue weighted by atomic mass is 10.1. The van der Waals surface area contributed by atoms with Crippen LogP contribution in [0.5, 0.6) is 0 Å². The highest BCUT2D eigenvalue weighted by molar-refractivity contribution is 14.1. The zero-order chi connectivity index (χ0) is 15.6. The van der Waals surface area contributed by atoms with Crippen LogP contribution in [0.4, 0.5) is 18.9 Å². The Hall–Kier alpha value is -1.09. The van der Waals surface area contributed by atoms with Gasteiger partial charge in [-0.2, -0.15) is 13.2 Å². The predicted molar refractivity (Wildman–Crippen MR) is 86.3 cm³/mol. The topological polar surface area (TPSA) is 29.1 Å². The van der Waals surface area contributed by atoms with Gasteiger partial charge in [-0.1, -0.05) is 6.07 Å². The normalized spacial score (nSPS) is 11.3. The molecule has 0 saturated heterocycles. The number of halogens is 5. The zero-order valence-corrected chi connectivity index (χ0v) is 14.1. The summed E-state index contributed by atoms with van der Waals surface area (Å²) in [6, 6.07) is 9.69. The van der Waals surface area contributed by atoms with Crippen LogP contribution < -0.4 is 5.32 Å². The molecular formula is C14H8BrF3INO. The summed E-state index contributed by atoms with van der Waals surface area (Å²) in [7, 11) is 0. The summed E-state index contributed by atoms with van der Waals surface area (Å²) < 4.78 is 39.3. The van der Waals surface area contributed by atoms with Crippen LogP contribution in [0.25, 0.3) is 0 Å². The molecule has 0 radical (unpaired) electrons. The van der Waals surface area contributed by atoms with Gasteiger partial charge >= 0.3 is 6.18 Å². The second kappa shape index (κ2) is 6.35. The lowest BCUT2D eigenvalue weighted by molar-refractivity contribution is -0.137. The lowest BCUT2D eigenvalue weighted by Crippen LogP contribution is -2.14. The van der Waals surface area contributed by atoms with Crippen molar-refractivity contribution < 1.29 is 18.0 Å². The fraction of sp³-hybridized carbons (Fsp3) is 0.0714. The van der Waals surface area contributed by atoms with E-state index in [1.165, 1.54) is 12.1 Å². The molecule has 2 aromatic carbocycles. The van der Waals surface area contributed by atoms with Crippen molar-refractivity contribution in [3.05, 3.63) is 61.6 Å². The summed E-state index contributed by atoms with van der Waals surface area (Å²) in [5.74, 6) is -0.472. The standard InChI is InChI=1S/C14H8BrF3INO/c15-12-5-4-9(19)7-11(12)13(21)20-10-3-1-2-8(6-10)14(16,17)18/h1-7H,(H,20,21). The monoisotopic (exact) mass is 469 g/mol. The molecule has 7 heteroatoms. The van der Waals surface area contributed by atoms with Gasteiger partial charge < -0.3 is 5.32 Å². The summed E-state index contributed by atoms with van der Waals surface area (Å²) in [5.41, 5.74) is -0.345. The molecule has 0 bridgehead atoms. The molecule has 0 aliphatic heterocycles. The average Bonchev–Trinajstić information content (AvgIpc) is 2.41.